The van der Waals surface area contributed by atoms with Crippen LogP contribution in [0.1, 0.15) is 18.4 Å². The number of amides is 1. The molecule has 2 heterocycles. The largest absolute Gasteiger partial charge is 0.497 e. The van der Waals surface area contributed by atoms with Crippen molar-refractivity contribution in [2.45, 2.75) is 18.4 Å². The van der Waals surface area contributed by atoms with Crippen molar-refractivity contribution in [1.29, 1.82) is 0 Å². The number of fused-ring (bicyclic) bond motifs is 2. The van der Waals surface area contributed by atoms with Crippen molar-refractivity contribution in [3.63, 3.8) is 0 Å². The fourth-order valence-electron chi connectivity index (χ4n) is 2.72. The molecule has 0 aliphatic carbocycles. The quantitative estimate of drug-likeness (QED) is 0.796. The van der Waals surface area contributed by atoms with Crippen LogP contribution < -0.4 is 15.4 Å². The summed E-state index contributed by atoms with van der Waals surface area (Å²) < 4.78 is 10.8. The van der Waals surface area contributed by atoms with E-state index in [2.05, 4.69) is 10.6 Å². The summed E-state index contributed by atoms with van der Waals surface area (Å²) in [6, 6.07) is 5.74. The molecule has 2 aliphatic rings. The highest BCUT2D eigenvalue weighted by Crippen LogP contribution is 2.43. The number of carbonyl (C=O) groups excluding carboxylic acids is 1. The number of ether oxygens (including phenoxy) is 2. The second-order valence-electron chi connectivity index (χ2n) is 4.67. The SMILES string of the molecule is COc1ccc2c(c1)NC(=O)OC21CCNCC1. The maximum absolute atomic E-state index is 11.7. The Morgan fingerprint density at radius 1 is 1.33 bits per heavy atom. The average Bonchev–Trinajstić information content (AvgIpc) is 2.38. The normalized spacial score (nSPS) is 20.8. The van der Waals surface area contributed by atoms with Gasteiger partial charge in [0.05, 0.1) is 12.8 Å². The number of hydrogen-bond donors (Lipinski definition) is 2. The van der Waals surface area contributed by atoms with Gasteiger partial charge < -0.3 is 14.8 Å². The minimum Gasteiger partial charge on any atom is -0.497 e. The van der Waals surface area contributed by atoms with Crippen LogP contribution in [0.5, 0.6) is 5.75 Å². The molecule has 1 aromatic rings. The molecule has 18 heavy (non-hydrogen) atoms. The highest BCUT2D eigenvalue weighted by molar-refractivity contribution is 5.89. The number of rotatable bonds is 1. The van der Waals surface area contributed by atoms with E-state index in [0.29, 0.717) is 0 Å². The molecule has 5 heteroatoms. The summed E-state index contributed by atoms with van der Waals surface area (Å²) in [5, 5.41) is 6.03. The van der Waals surface area contributed by atoms with Crippen molar-refractivity contribution in [2.75, 3.05) is 25.5 Å². The zero-order valence-corrected chi connectivity index (χ0v) is 10.3. The molecule has 0 saturated carbocycles. The molecular formula is C13H16N2O3. The van der Waals surface area contributed by atoms with Gasteiger partial charge >= 0.3 is 6.09 Å². The monoisotopic (exact) mass is 248 g/mol. The van der Waals surface area contributed by atoms with Crippen LogP contribution in [0.15, 0.2) is 18.2 Å². The Morgan fingerprint density at radius 2 is 2.11 bits per heavy atom. The summed E-state index contributed by atoms with van der Waals surface area (Å²) in [6.07, 6.45) is 1.23. The summed E-state index contributed by atoms with van der Waals surface area (Å²) in [6.45, 7) is 1.72. The minimum absolute atomic E-state index is 0.377. The number of hydrogen-bond acceptors (Lipinski definition) is 4. The molecule has 1 aromatic carbocycles. The van der Waals surface area contributed by atoms with Crippen molar-refractivity contribution in [3.05, 3.63) is 23.8 Å². The van der Waals surface area contributed by atoms with E-state index in [1.807, 2.05) is 18.2 Å². The predicted molar refractivity (Wildman–Crippen MR) is 66.9 cm³/mol. The second kappa shape index (κ2) is 4.17. The molecular weight excluding hydrogens is 232 g/mol. The van der Waals surface area contributed by atoms with Crippen molar-refractivity contribution in [1.82, 2.24) is 5.32 Å². The van der Waals surface area contributed by atoms with E-state index in [-0.39, 0.29) is 6.09 Å². The first-order valence-electron chi connectivity index (χ1n) is 6.13. The van der Waals surface area contributed by atoms with Gasteiger partial charge in [-0.1, -0.05) is 0 Å². The molecule has 1 amide bonds. The first-order chi connectivity index (χ1) is 8.73. The summed E-state index contributed by atoms with van der Waals surface area (Å²) >= 11 is 0. The van der Waals surface area contributed by atoms with Gasteiger partial charge in [-0.05, 0) is 25.2 Å². The molecule has 0 radical (unpaired) electrons. The Bertz CT molecular complexity index is 481. The van der Waals surface area contributed by atoms with E-state index in [0.717, 1.165) is 42.9 Å². The van der Waals surface area contributed by atoms with Crippen LogP contribution in [-0.2, 0) is 10.3 Å². The first-order valence-corrected chi connectivity index (χ1v) is 6.13. The van der Waals surface area contributed by atoms with E-state index >= 15 is 0 Å². The Morgan fingerprint density at radius 3 is 2.83 bits per heavy atom. The van der Waals surface area contributed by atoms with Gasteiger partial charge in [0.2, 0.25) is 0 Å². The van der Waals surface area contributed by atoms with E-state index < -0.39 is 5.60 Å². The topological polar surface area (TPSA) is 59.6 Å². The molecule has 5 nitrogen and oxygen atoms in total. The van der Waals surface area contributed by atoms with Gasteiger partial charge in [-0.25, -0.2) is 4.79 Å². The highest BCUT2D eigenvalue weighted by Gasteiger charge is 2.42. The van der Waals surface area contributed by atoms with Gasteiger partial charge in [0.15, 0.2) is 0 Å². The lowest BCUT2D eigenvalue weighted by Crippen LogP contribution is -2.46. The predicted octanol–water partition coefficient (Wildman–Crippen LogP) is 1.84. The van der Waals surface area contributed by atoms with Gasteiger partial charge in [-0.2, -0.15) is 0 Å². The Hall–Kier alpha value is -1.75. The molecule has 3 rings (SSSR count). The van der Waals surface area contributed by atoms with Crippen LogP contribution in [-0.4, -0.2) is 26.3 Å². The van der Waals surface area contributed by atoms with Crippen LogP contribution in [0, 0.1) is 0 Å². The van der Waals surface area contributed by atoms with Crippen molar-refractivity contribution in [3.8, 4) is 5.75 Å². The summed E-state index contributed by atoms with van der Waals surface area (Å²) in [4.78, 5) is 11.7. The van der Waals surface area contributed by atoms with Crippen LogP contribution in [0.25, 0.3) is 0 Å². The molecule has 1 spiro atoms. The molecule has 96 valence electrons. The third-order valence-electron chi connectivity index (χ3n) is 3.65. The first kappa shape index (κ1) is 11.3. The van der Waals surface area contributed by atoms with Gasteiger partial charge in [-0.15, -0.1) is 0 Å². The van der Waals surface area contributed by atoms with Crippen LogP contribution in [0.4, 0.5) is 10.5 Å². The molecule has 0 bridgehead atoms. The molecule has 0 unspecified atom stereocenters. The number of nitrogens with one attached hydrogen (secondary N) is 2. The summed E-state index contributed by atoms with van der Waals surface area (Å²) in [7, 11) is 1.61. The molecule has 0 aromatic heterocycles. The average molecular weight is 248 g/mol. The lowest BCUT2D eigenvalue weighted by Gasteiger charge is -2.41. The van der Waals surface area contributed by atoms with Gasteiger partial charge in [0, 0.05) is 24.5 Å². The smallest absolute Gasteiger partial charge is 0.412 e. The second-order valence-corrected chi connectivity index (χ2v) is 4.67. The molecule has 1 saturated heterocycles. The lowest BCUT2D eigenvalue weighted by atomic mass is 9.83. The fourth-order valence-corrected chi connectivity index (χ4v) is 2.72. The Balaban J connectivity index is 2.06. The van der Waals surface area contributed by atoms with Gasteiger partial charge in [0.1, 0.15) is 11.4 Å². The number of carbonyl (C=O) groups is 1. The van der Waals surface area contributed by atoms with E-state index in [1.54, 1.807) is 7.11 Å². The molecule has 2 N–H and O–H groups in total. The van der Waals surface area contributed by atoms with Crippen molar-refractivity contribution >= 4 is 11.8 Å². The van der Waals surface area contributed by atoms with Crippen molar-refractivity contribution in [2.24, 2.45) is 0 Å². The van der Waals surface area contributed by atoms with E-state index in [9.17, 15) is 4.79 Å². The highest BCUT2D eigenvalue weighted by atomic mass is 16.6. The Kier molecular flexibility index (Phi) is 2.63. The lowest BCUT2D eigenvalue weighted by molar-refractivity contribution is -0.0126. The number of benzene rings is 1. The standard InChI is InChI=1S/C13H16N2O3/c1-17-9-2-3-10-11(8-9)15-12(16)18-13(10)4-6-14-7-5-13/h2-3,8,14H,4-7H2,1H3,(H,15,16). The maximum atomic E-state index is 11.7. The summed E-state index contributed by atoms with van der Waals surface area (Å²) in [5.74, 6) is 0.736. The van der Waals surface area contributed by atoms with Crippen molar-refractivity contribution < 1.29 is 14.3 Å². The maximum Gasteiger partial charge on any atom is 0.412 e. The van der Waals surface area contributed by atoms with Gasteiger partial charge in [-0.3, -0.25) is 5.32 Å². The van der Waals surface area contributed by atoms with E-state index in [4.69, 9.17) is 9.47 Å². The van der Waals surface area contributed by atoms with Crippen LogP contribution in [0.3, 0.4) is 0 Å². The fraction of sp³-hybridized carbons (Fsp3) is 0.462. The third kappa shape index (κ3) is 1.71. The summed E-state index contributed by atoms with van der Waals surface area (Å²) in [5.41, 5.74) is 1.37. The minimum atomic E-state index is -0.477. The number of piperidine rings is 1. The molecule has 1 fully saturated rings. The molecule has 0 atom stereocenters. The van der Waals surface area contributed by atoms with Crippen LogP contribution >= 0.6 is 0 Å². The Labute approximate surface area is 105 Å². The molecule has 2 aliphatic heterocycles. The number of anilines is 1. The third-order valence-corrected chi connectivity index (χ3v) is 3.65. The van der Waals surface area contributed by atoms with Crippen LogP contribution in [0.2, 0.25) is 0 Å². The van der Waals surface area contributed by atoms with E-state index in [1.165, 1.54) is 0 Å². The number of methoxy groups -OCH3 is 1. The van der Waals surface area contributed by atoms with Gasteiger partial charge in [0.25, 0.3) is 0 Å². The zero-order valence-electron chi connectivity index (χ0n) is 10.3. The zero-order chi connectivity index (χ0) is 12.6.